The molecule has 2 atom stereocenters. The third-order valence-corrected chi connectivity index (χ3v) is 7.34. The first-order valence-corrected chi connectivity index (χ1v) is 13.8. The van der Waals surface area contributed by atoms with E-state index in [2.05, 4.69) is 0 Å². The third-order valence-electron chi connectivity index (χ3n) is 7.34. The Morgan fingerprint density at radius 1 is 0.895 bits per heavy atom. The number of carbonyl (C=O) groups is 2. The van der Waals surface area contributed by atoms with Gasteiger partial charge in [0.2, 0.25) is 0 Å². The molecule has 1 aliphatic carbocycles. The fraction of sp³-hybridized carbons (Fsp3) is 0.548. The Balaban J connectivity index is 1.76. The molecule has 0 radical (unpaired) electrons. The van der Waals surface area contributed by atoms with Gasteiger partial charge in [0, 0.05) is 32.3 Å². The number of aromatic hydroxyl groups is 2. The second-order valence-electron chi connectivity index (χ2n) is 10.4. The van der Waals surface area contributed by atoms with Crippen LogP contribution in [0.2, 0.25) is 0 Å². The molecular formula is C31H42O7. The van der Waals surface area contributed by atoms with Crippen molar-refractivity contribution in [3.8, 4) is 17.2 Å². The van der Waals surface area contributed by atoms with Crippen LogP contribution >= 0.6 is 0 Å². The number of ether oxygens (including phenoxy) is 3. The SMILES string of the molecule is COc1cc(CCC(CC(OC(C)=O)C2CCCCCCC2)OC(C)=O)cc(Cc2ccc(O)cc2)c1O. The van der Waals surface area contributed by atoms with Gasteiger partial charge in [0.25, 0.3) is 0 Å². The maximum Gasteiger partial charge on any atom is 0.302 e. The minimum atomic E-state index is -0.400. The van der Waals surface area contributed by atoms with E-state index in [0.29, 0.717) is 37.0 Å². The normalized spacial score (nSPS) is 16.1. The van der Waals surface area contributed by atoms with Crippen molar-refractivity contribution in [1.29, 1.82) is 0 Å². The second kappa shape index (κ2) is 14.6. The predicted octanol–water partition coefficient (Wildman–Crippen LogP) is 6.24. The Labute approximate surface area is 226 Å². The van der Waals surface area contributed by atoms with Crippen molar-refractivity contribution in [3.63, 3.8) is 0 Å². The molecule has 208 valence electrons. The van der Waals surface area contributed by atoms with Crippen LogP contribution in [0.5, 0.6) is 17.2 Å². The summed E-state index contributed by atoms with van der Waals surface area (Å²) in [7, 11) is 1.52. The van der Waals surface area contributed by atoms with E-state index < -0.39 is 6.10 Å². The van der Waals surface area contributed by atoms with Crippen molar-refractivity contribution in [2.24, 2.45) is 5.92 Å². The fourth-order valence-electron chi connectivity index (χ4n) is 5.45. The van der Waals surface area contributed by atoms with Crippen LogP contribution in [0.25, 0.3) is 0 Å². The summed E-state index contributed by atoms with van der Waals surface area (Å²) >= 11 is 0. The van der Waals surface area contributed by atoms with Crippen LogP contribution in [0.4, 0.5) is 0 Å². The summed E-state index contributed by atoms with van der Waals surface area (Å²) in [4.78, 5) is 23.9. The number of carbonyl (C=O) groups excluding carboxylic acids is 2. The van der Waals surface area contributed by atoms with Crippen molar-refractivity contribution in [1.82, 2.24) is 0 Å². The Kier molecular flexibility index (Phi) is 11.3. The number of methoxy groups -OCH3 is 1. The Hall–Kier alpha value is -3.22. The largest absolute Gasteiger partial charge is 0.508 e. The monoisotopic (exact) mass is 526 g/mol. The lowest BCUT2D eigenvalue weighted by Gasteiger charge is -2.31. The topological polar surface area (TPSA) is 102 Å². The van der Waals surface area contributed by atoms with E-state index in [1.54, 1.807) is 18.2 Å². The zero-order valence-corrected chi connectivity index (χ0v) is 22.9. The number of aryl methyl sites for hydroxylation is 1. The molecule has 3 rings (SSSR count). The standard InChI is InChI=1S/C31H42O7/c1-21(32)37-28(20-29(38-22(2)33)25-9-7-5-4-6-8-10-25)16-13-24-18-26(31(35)30(19-24)36-3)17-23-11-14-27(34)15-12-23/h11-12,14-15,18-19,25,28-29,34-35H,4-10,13,16-17,20H2,1-3H3. The summed E-state index contributed by atoms with van der Waals surface area (Å²) < 4.78 is 16.9. The molecule has 0 aromatic heterocycles. The highest BCUT2D eigenvalue weighted by atomic mass is 16.6. The molecule has 0 saturated heterocycles. The van der Waals surface area contributed by atoms with Crippen LogP contribution in [0.1, 0.15) is 88.3 Å². The Morgan fingerprint density at radius 2 is 1.53 bits per heavy atom. The molecular weight excluding hydrogens is 484 g/mol. The molecule has 1 aliphatic rings. The summed E-state index contributed by atoms with van der Waals surface area (Å²) in [5, 5.41) is 20.3. The molecule has 2 unspecified atom stereocenters. The summed E-state index contributed by atoms with van der Waals surface area (Å²) in [6.07, 6.45) is 9.34. The molecule has 0 heterocycles. The van der Waals surface area contributed by atoms with Crippen LogP contribution in [0.3, 0.4) is 0 Å². The van der Waals surface area contributed by atoms with Crippen molar-refractivity contribution in [2.45, 2.75) is 96.7 Å². The van der Waals surface area contributed by atoms with Gasteiger partial charge in [-0.15, -0.1) is 0 Å². The van der Waals surface area contributed by atoms with Gasteiger partial charge >= 0.3 is 11.9 Å². The minimum Gasteiger partial charge on any atom is -0.508 e. The van der Waals surface area contributed by atoms with Gasteiger partial charge in [-0.2, -0.15) is 0 Å². The van der Waals surface area contributed by atoms with E-state index >= 15 is 0 Å². The van der Waals surface area contributed by atoms with Gasteiger partial charge in [0.1, 0.15) is 18.0 Å². The zero-order chi connectivity index (χ0) is 27.5. The molecule has 1 fully saturated rings. The first-order chi connectivity index (χ1) is 18.2. The fourth-order valence-corrected chi connectivity index (χ4v) is 5.45. The minimum absolute atomic E-state index is 0.0834. The van der Waals surface area contributed by atoms with Gasteiger partial charge in [-0.05, 0) is 60.9 Å². The quantitative estimate of drug-likeness (QED) is 0.334. The van der Waals surface area contributed by atoms with Gasteiger partial charge in [-0.25, -0.2) is 0 Å². The first kappa shape index (κ1) is 29.3. The average molecular weight is 527 g/mol. The van der Waals surface area contributed by atoms with Crippen LogP contribution in [0.15, 0.2) is 36.4 Å². The lowest BCUT2D eigenvalue weighted by Crippen LogP contribution is -2.33. The lowest BCUT2D eigenvalue weighted by molar-refractivity contribution is -0.156. The number of phenols is 2. The molecule has 0 bridgehead atoms. The molecule has 1 saturated carbocycles. The van der Waals surface area contributed by atoms with Gasteiger partial charge in [-0.3, -0.25) is 9.59 Å². The lowest BCUT2D eigenvalue weighted by atomic mass is 9.84. The van der Waals surface area contributed by atoms with E-state index in [1.165, 1.54) is 40.2 Å². The molecule has 0 amide bonds. The second-order valence-corrected chi connectivity index (χ2v) is 10.4. The molecule has 2 N–H and O–H groups in total. The number of esters is 2. The molecule has 7 heteroatoms. The molecule has 2 aromatic carbocycles. The third kappa shape index (κ3) is 9.26. The molecule has 0 aliphatic heterocycles. The van der Waals surface area contributed by atoms with Crippen molar-refractivity contribution in [3.05, 3.63) is 53.1 Å². The highest BCUT2D eigenvalue weighted by Gasteiger charge is 2.29. The predicted molar refractivity (Wildman–Crippen MR) is 145 cm³/mol. The van der Waals surface area contributed by atoms with Crippen LogP contribution < -0.4 is 4.74 Å². The molecule has 2 aromatic rings. The number of rotatable bonds is 11. The van der Waals surface area contributed by atoms with Gasteiger partial charge < -0.3 is 24.4 Å². The summed E-state index contributed by atoms with van der Waals surface area (Å²) in [6, 6.07) is 10.6. The maximum absolute atomic E-state index is 12.0. The van der Waals surface area contributed by atoms with E-state index in [9.17, 15) is 19.8 Å². The van der Waals surface area contributed by atoms with E-state index in [0.717, 1.165) is 36.8 Å². The Bertz CT molecular complexity index is 1040. The molecule has 38 heavy (non-hydrogen) atoms. The number of benzene rings is 2. The summed E-state index contributed by atoms with van der Waals surface area (Å²) in [5.41, 5.74) is 2.60. The van der Waals surface area contributed by atoms with E-state index in [4.69, 9.17) is 14.2 Å². The van der Waals surface area contributed by atoms with Crippen LogP contribution in [0, 0.1) is 5.92 Å². The smallest absolute Gasteiger partial charge is 0.302 e. The van der Waals surface area contributed by atoms with Crippen molar-refractivity contribution >= 4 is 11.9 Å². The van der Waals surface area contributed by atoms with Gasteiger partial charge in [0.15, 0.2) is 11.5 Å². The van der Waals surface area contributed by atoms with Crippen molar-refractivity contribution < 1.29 is 34.0 Å². The van der Waals surface area contributed by atoms with Gasteiger partial charge in [0.05, 0.1) is 7.11 Å². The number of phenolic OH excluding ortho intramolecular Hbond substituents is 2. The highest BCUT2D eigenvalue weighted by molar-refractivity contribution is 5.66. The Morgan fingerprint density at radius 3 is 2.13 bits per heavy atom. The van der Waals surface area contributed by atoms with E-state index in [-0.39, 0.29) is 35.5 Å². The first-order valence-electron chi connectivity index (χ1n) is 13.8. The van der Waals surface area contributed by atoms with Crippen LogP contribution in [-0.4, -0.2) is 41.5 Å². The van der Waals surface area contributed by atoms with Crippen LogP contribution in [-0.2, 0) is 31.9 Å². The molecule has 0 spiro atoms. The number of hydrogen-bond donors (Lipinski definition) is 2. The van der Waals surface area contributed by atoms with Gasteiger partial charge in [-0.1, -0.05) is 50.3 Å². The summed E-state index contributed by atoms with van der Waals surface area (Å²) in [6.45, 7) is 2.85. The average Bonchev–Trinajstić information content (AvgIpc) is 2.84. The molecule has 7 nitrogen and oxygen atoms in total. The van der Waals surface area contributed by atoms with E-state index in [1.807, 2.05) is 18.2 Å². The maximum atomic E-state index is 12.0. The highest BCUT2D eigenvalue weighted by Crippen LogP contribution is 2.35. The number of hydrogen-bond acceptors (Lipinski definition) is 7. The van der Waals surface area contributed by atoms with Crippen molar-refractivity contribution in [2.75, 3.05) is 7.11 Å². The summed E-state index contributed by atoms with van der Waals surface area (Å²) in [5.74, 6) is 0.259. The zero-order valence-electron chi connectivity index (χ0n) is 22.9.